The van der Waals surface area contributed by atoms with Gasteiger partial charge in [-0.3, -0.25) is 0 Å². The molecule has 0 fully saturated rings. The van der Waals surface area contributed by atoms with Crippen LogP contribution in [-0.2, 0) is 16.4 Å². The third kappa shape index (κ3) is 3.22. The molecule has 20 heavy (non-hydrogen) atoms. The van der Waals surface area contributed by atoms with Crippen molar-refractivity contribution in [2.24, 2.45) is 0 Å². The van der Waals surface area contributed by atoms with Crippen molar-refractivity contribution < 1.29 is 21.6 Å². The number of unbranched alkanes of at least 4 members (excludes halogenated alkanes) is 1. The van der Waals surface area contributed by atoms with Gasteiger partial charge in [0.2, 0.25) is 0 Å². The van der Waals surface area contributed by atoms with Crippen LogP contribution in [-0.4, -0.2) is 13.9 Å². The quantitative estimate of drug-likeness (QED) is 0.620. The number of halogens is 3. The number of nitrogens with zero attached hydrogens (tertiary/aromatic N) is 2. The van der Waals surface area contributed by atoms with E-state index in [-0.39, 0.29) is 9.99 Å². The standard InChI is InChI=1S/C12H13F3N2O2S/c1-2-3-6-10-7-4-5-8-11(10)17(9-16)20(18,19)12(13,14)15/h4-5,7-8H,2-3,6H2,1H3. The van der Waals surface area contributed by atoms with Gasteiger partial charge in [0.05, 0.1) is 5.69 Å². The Morgan fingerprint density at radius 3 is 2.40 bits per heavy atom. The van der Waals surface area contributed by atoms with Crippen molar-refractivity contribution in [2.75, 3.05) is 4.31 Å². The van der Waals surface area contributed by atoms with Crippen LogP contribution in [0.3, 0.4) is 0 Å². The zero-order valence-electron chi connectivity index (χ0n) is 10.7. The summed E-state index contributed by atoms with van der Waals surface area (Å²) in [5, 5.41) is 8.83. The van der Waals surface area contributed by atoms with Crippen LogP contribution in [0.1, 0.15) is 25.3 Å². The van der Waals surface area contributed by atoms with Crippen LogP contribution in [0.4, 0.5) is 18.9 Å². The predicted octanol–water partition coefficient (Wildman–Crippen LogP) is 3.17. The van der Waals surface area contributed by atoms with Crippen LogP contribution in [0.25, 0.3) is 0 Å². The van der Waals surface area contributed by atoms with Crippen molar-refractivity contribution in [2.45, 2.75) is 31.7 Å². The SMILES string of the molecule is CCCCc1ccccc1N(C#N)S(=O)(=O)C(F)(F)F. The van der Waals surface area contributed by atoms with E-state index in [1.54, 1.807) is 6.07 Å². The molecule has 0 N–H and O–H groups in total. The molecule has 1 rings (SSSR count). The van der Waals surface area contributed by atoms with Gasteiger partial charge >= 0.3 is 15.5 Å². The zero-order valence-corrected chi connectivity index (χ0v) is 11.5. The Balaban J connectivity index is 3.31. The molecular formula is C12H13F3N2O2S. The van der Waals surface area contributed by atoms with Gasteiger partial charge < -0.3 is 0 Å². The summed E-state index contributed by atoms with van der Waals surface area (Å²) in [6.45, 7) is 1.90. The van der Waals surface area contributed by atoms with Crippen LogP contribution >= 0.6 is 0 Å². The predicted molar refractivity (Wildman–Crippen MR) is 68.1 cm³/mol. The van der Waals surface area contributed by atoms with Crippen molar-refractivity contribution in [1.29, 1.82) is 5.26 Å². The molecular weight excluding hydrogens is 293 g/mol. The fraction of sp³-hybridized carbons (Fsp3) is 0.417. The summed E-state index contributed by atoms with van der Waals surface area (Å²) in [5.74, 6) is 0. The number of alkyl halides is 3. The first-order valence-electron chi connectivity index (χ1n) is 5.85. The Kier molecular flexibility index (Phi) is 5.00. The largest absolute Gasteiger partial charge is 0.517 e. The van der Waals surface area contributed by atoms with Gasteiger partial charge in [0.25, 0.3) is 0 Å². The van der Waals surface area contributed by atoms with Gasteiger partial charge in [0.1, 0.15) is 0 Å². The van der Waals surface area contributed by atoms with Crippen LogP contribution in [0.5, 0.6) is 0 Å². The number of rotatable bonds is 5. The van der Waals surface area contributed by atoms with Crippen LogP contribution in [0.15, 0.2) is 24.3 Å². The Morgan fingerprint density at radius 1 is 1.30 bits per heavy atom. The normalized spacial score (nSPS) is 11.9. The van der Waals surface area contributed by atoms with Gasteiger partial charge in [0.15, 0.2) is 6.19 Å². The number of sulfonamides is 1. The first kappa shape index (κ1) is 16.3. The minimum atomic E-state index is -5.72. The smallest absolute Gasteiger partial charge is 0.196 e. The molecule has 0 heterocycles. The number of aryl methyl sites for hydroxylation is 1. The van der Waals surface area contributed by atoms with E-state index >= 15 is 0 Å². The van der Waals surface area contributed by atoms with E-state index in [1.807, 2.05) is 6.92 Å². The van der Waals surface area contributed by atoms with Gasteiger partial charge in [-0.2, -0.15) is 31.2 Å². The van der Waals surface area contributed by atoms with E-state index in [9.17, 15) is 21.6 Å². The molecule has 0 aliphatic heterocycles. The maximum Gasteiger partial charge on any atom is 0.517 e. The maximum absolute atomic E-state index is 12.6. The summed E-state index contributed by atoms with van der Waals surface area (Å²) in [4.78, 5) is 0. The van der Waals surface area contributed by atoms with E-state index in [4.69, 9.17) is 5.26 Å². The van der Waals surface area contributed by atoms with Gasteiger partial charge in [-0.1, -0.05) is 31.5 Å². The second-order valence-corrected chi connectivity index (χ2v) is 5.83. The average Bonchev–Trinajstić information content (AvgIpc) is 2.37. The zero-order chi connectivity index (χ0) is 15.4. The monoisotopic (exact) mass is 306 g/mol. The van der Waals surface area contributed by atoms with Crippen molar-refractivity contribution >= 4 is 15.7 Å². The number of hydrogen-bond acceptors (Lipinski definition) is 3. The van der Waals surface area contributed by atoms with Gasteiger partial charge in [-0.25, -0.2) is 0 Å². The van der Waals surface area contributed by atoms with Gasteiger partial charge in [-0.05, 0) is 24.5 Å². The van der Waals surface area contributed by atoms with Gasteiger partial charge in [0, 0.05) is 0 Å². The Morgan fingerprint density at radius 2 is 1.90 bits per heavy atom. The lowest BCUT2D eigenvalue weighted by atomic mass is 10.1. The van der Waals surface area contributed by atoms with Crippen LogP contribution in [0, 0.1) is 11.5 Å². The molecule has 0 aliphatic rings. The molecule has 110 valence electrons. The summed E-state index contributed by atoms with van der Waals surface area (Å²) in [6, 6.07) is 5.68. The third-order valence-corrected chi connectivity index (χ3v) is 3.98. The lowest BCUT2D eigenvalue weighted by molar-refractivity contribution is -0.0435. The first-order valence-corrected chi connectivity index (χ1v) is 7.29. The van der Waals surface area contributed by atoms with E-state index in [2.05, 4.69) is 0 Å². The molecule has 0 aromatic heterocycles. The van der Waals surface area contributed by atoms with E-state index < -0.39 is 15.5 Å². The third-order valence-electron chi connectivity index (χ3n) is 2.63. The highest BCUT2D eigenvalue weighted by Gasteiger charge is 2.51. The fourth-order valence-corrected chi connectivity index (χ4v) is 2.38. The molecule has 0 atom stereocenters. The van der Waals surface area contributed by atoms with Crippen LogP contribution < -0.4 is 4.31 Å². The highest BCUT2D eigenvalue weighted by molar-refractivity contribution is 7.93. The van der Waals surface area contributed by atoms with E-state index in [1.165, 1.54) is 18.2 Å². The Labute approximate surface area is 115 Å². The molecule has 0 aliphatic carbocycles. The summed E-state index contributed by atoms with van der Waals surface area (Å²) < 4.78 is 60.2. The van der Waals surface area contributed by atoms with Crippen molar-refractivity contribution in [1.82, 2.24) is 0 Å². The summed E-state index contributed by atoms with van der Waals surface area (Å²) in [7, 11) is -5.72. The van der Waals surface area contributed by atoms with Crippen LogP contribution in [0.2, 0.25) is 0 Å². The molecule has 0 bridgehead atoms. The second-order valence-electron chi connectivity index (χ2n) is 4.05. The highest BCUT2D eigenvalue weighted by atomic mass is 32.2. The molecule has 0 radical (unpaired) electrons. The molecule has 0 saturated heterocycles. The summed E-state index contributed by atoms with van der Waals surface area (Å²) in [5.41, 5.74) is -5.37. The number of para-hydroxylation sites is 1. The van der Waals surface area contributed by atoms with Crippen molar-refractivity contribution in [3.05, 3.63) is 29.8 Å². The molecule has 0 saturated carbocycles. The van der Waals surface area contributed by atoms with Gasteiger partial charge in [-0.15, -0.1) is 0 Å². The number of anilines is 1. The maximum atomic E-state index is 12.6. The summed E-state index contributed by atoms with van der Waals surface area (Å²) >= 11 is 0. The minimum absolute atomic E-state index is 0.249. The molecule has 4 nitrogen and oxygen atoms in total. The van der Waals surface area contributed by atoms with E-state index in [0.29, 0.717) is 18.4 Å². The molecule has 0 spiro atoms. The van der Waals surface area contributed by atoms with E-state index in [0.717, 1.165) is 12.6 Å². The number of benzene rings is 1. The molecule has 0 unspecified atom stereocenters. The molecule has 1 aromatic carbocycles. The minimum Gasteiger partial charge on any atom is -0.196 e. The molecule has 0 amide bonds. The Bertz CT molecular complexity index is 606. The molecule has 8 heteroatoms. The number of nitriles is 1. The Hall–Kier alpha value is -1.75. The first-order chi connectivity index (χ1) is 9.25. The average molecular weight is 306 g/mol. The highest BCUT2D eigenvalue weighted by Crippen LogP contribution is 2.32. The topological polar surface area (TPSA) is 61.2 Å². The van der Waals surface area contributed by atoms with Crippen molar-refractivity contribution in [3.63, 3.8) is 0 Å². The second kappa shape index (κ2) is 6.13. The fourth-order valence-electron chi connectivity index (χ4n) is 1.63. The lowest BCUT2D eigenvalue weighted by Gasteiger charge is -2.20. The molecule has 1 aromatic rings. The van der Waals surface area contributed by atoms with Crippen molar-refractivity contribution in [3.8, 4) is 6.19 Å². The number of hydrogen-bond donors (Lipinski definition) is 0. The lowest BCUT2D eigenvalue weighted by Crippen LogP contribution is -2.38. The summed E-state index contributed by atoms with van der Waals surface area (Å²) in [6.07, 6.45) is 2.99.